The molecule has 2 N–H and O–H groups in total. The third-order valence-electron chi connectivity index (χ3n) is 0.942. The number of nitriles is 1. The van der Waals surface area contributed by atoms with Crippen LogP contribution in [0.4, 0.5) is 0 Å². The molecule has 0 aromatic carbocycles. The zero-order valence-corrected chi connectivity index (χ0v) is 7.66. The third-order valence-corrected chi connectivity index (χ3v) is 1.20. The summed E-state index contributed by atoms with van der Waals surface area (Å²) in [6.45, 7) is 4.64. The average Bonchev–Trinajstić information content (AvgIpc) is 1.86. The van der Waals surface area contributed by atoms with Crippen LogP contribution in [-0.2, 0) is 0 Å². The van der Waals surface area contributed by atoms with Gasteiger partial charge in [-0.3, -0.25) is 0 Å². The molecule has 0 aliphatic carbocycles. The number of thiocarbonyl (C=S) groups is 1. The summed E-state index contributed by atoms with van der Waals surface area (Å²) in [5.41, 5.74) is 0. The fourth-order valence-corrected chi connectivity index (χ4v) is 0.883. The molecule has 0 unspecified atom stereocenters. The van der Waals surface area contributed by atoms with Gasteiger partial charge in [-0.2, -0.15) is 5.26 Å². The van der Waals surface area contributed by atoms with Gasteiger partial charge < -0.3 is 10.6 Å². The monoisotopic (exact) mass is 171 g/mol. The number of rotatable bonds is 3. The maximum absolute atomic E-state index is 8.21. The summed E-state index contributed by atoms with van der Waals surface area (Å²) in [5, 5.41) is 14.8. The van der Waals surface area contributed by atoms with E-state index in [-0.39, 0.29) is 0 Å². The van der Waals surface area contributed by atoms with Crippen LogP contribution in [0.1, 0.15) is 20.3 Å². The van der Waals surface area contributed by atoms with Crippen molar-refractivity contribution in [3.63, 3.8) is 0 Å². The van der Waals surface area contributed by atoms with Gasteiger partial charge >= 0.3 is 0 Å². The first-order valence-corrected chi connectivity index (χ1v) is 3.99. The summed E-state index contributed by atoms with van der Waals surface area (Å²) < 4.78 is 0. The van der Waals surface area contributed by atoms with E-state index in [9.17, 15) is 0 Å². The maximum Gasteiger partial charge on any atom is 0.166 e. The van der Waals surface area contributed by atoms with Crippen LogP contribution in [0.2, 0.25) is 0 Å². The molecule has 0 amide bonds. The molecule has 0 rings (SSSR count). The van der Waals surface area contributed by atoms with Gasteiger partial charge in [0.1, 0.15) is 0 Å². The fraction of sp³-hybridized carbons (Fsp3) is 0.714. The van der Waals surface area contributed by atoms with E-state index >= 15 is 0 Å². The van der Waals surface area contributed by atoms with Crippen molar-refractivity contribution >= 4 is 17.3 Å². The van der Waals surface area contributed by atoms with Gasteiger partial charge in [0.15, 0.2) is 5.11 Å². The lowest BCUT2D eigenvalue weighted by Crippen LogP contribution is -2.39. The molecule has 4 heteroatoms. The molecular weight excluding hydrogens is 158 g/mol. The molecule has 0 aromatic heterocycles. The molecule has 11 heavy (non-hydrogen) atoms. The minimum Gasteiger partial charge on any atom is -0.362 e. The van der Waals surface area contributed by atoms with E-state index in [4.69, 9.17) is 17.5 Å². The Morgan fingerprint density at radius 3 is 2.73 bits per heavy atom. The van der Waals surface area contributed by atoms with E-state index in [2.05, 4.69) is 10.6 Å². The van der Waals surface area contributed by atoms with Crippen molar-refractivity contribution in [3.05, 3.63) is 0 Å². The molecule has 0 atom stereocenters. The standard InChI is InChI=1S/C7H13N3S/c1-6(2)10-7(11)9-5-3-4-8/h6H,3,5H2,1-2H3,(H2,9,10,11). The molecule has 62 valence electrons. The van der Waals surface area contributed by atoms with Crippen LogP contribution in [0.5, 0.6) is 0 Å². The van der Waals surface area contributed by atoms with Crippen molar-refractivity contribution in [2.45, 2.75) is 26.3 Å². The molecule has 0 heterocycles. The topological polar surface area (TPSA) is 47.8 Å². The van der Waals surface area contributed by atoms with Gasteiger partial charge in [0.2, 0.25) is 0 Å². The number of hydrogen-bond acceptors (Lipinski definition) is 2. The van der Waals surface area contributed by atoms with Gasteiger partial charge in [0.05, 0.1) is 12.5 Å². The molecular formula is C7H13N3S. The first-order valence-electron chi connectivity index (χ1n) is 3.58. The molecule has 0 spiro atoms. The zero-order valence-electron chi connectivity index (χ0n) is 6.85. The second-order valence-corrected chi connectivity index (χ2v) is 2.87. The largest absolute Gasteiger partial charge is 0.362 e. The molecule has 0 bridgehead atoms. The summed E-state index contributed by atoms with van der Waals surface area (Å²) in [6.07, 6.45) is 0.486. The number of nitrogens with zero attached hydrogens (tertiary/aromatic N) is 1. The maximum atomic E-state index is 8.21. The Balaban J connectivity index is 3.32. The van der Waals surface area contributed by atoms with Gasteiger partial charge in [-0.15, -0.1) is 0 Å². The fourth-order valence-electron chi connectivity index (χ4n) is 0.545. The highest BCUT2D eigenvalue weighted by atomic mass is 32.1. The molecule has 0 aromatic rings. The van der Waals surface area contributed by atoms with E-state index in [0.29, 0.717) is 24.1 Å². The SMILES string of the molecule is CC(C)NC(=S)NCCC#N. The van der Waals surface area contributed by atoms with Crippen molar-refractivity contribution in [3.8, 4) is 6.07 Å². The normalized spacial score (nSPS) is 8.91. The summed E-state index contributed by atoms with van der Waals surface area (Å²) in [4.78, 5) is 0. The highest BCUT2D eigenvalue weighted by molar-refractivity contribution is 7.80. The number of nitrogens with one attached hydrogen (secondary N) is 2. The van der Waals surface area contributed by atoms with Crippen LogP contribution in [0.25, 0.3) is 0 Å². The van der Waals surface area contributed by atoms with Crippen LogP contribution in [-0.4, -0.2) is 17.7 Å². The minimum absolute atomic E-state index is 0.345. The lowest BCUT2D eigenvalue weighted by Gasteiger charge is -2.11. The molecule has 3 nitrogen and oxygen atoms in total. The van der Waals surface area contributed by atoms with Crippen molar-refractivity contribution in [1.82, 2.24) is 10.6 Å². The smallest absolute Gasteiger partial charge is 0.166 e. The molecule has 0 aliphatic rings. The Bertz CT molecular complexity index is 160. The van der Waals surface area contributed by atoms with Gasteiger partial charge in [0, 0.05) is 12.6 Å². The lowest BCUT2D eigenvalue weighted by atomic mass is 10.4. The van der Waals surface area contributed by atoms with Crippen molar-refractivity contribution in [2.75, 3.05) is 6.54 Å². The van der Waals surface area contributed by atoms with Crippen molar-refractivity contribution < 1.29 is 0 Å². The summed E-state index contributed by atoms with van der Waals surface area (Å²) in [7, 11) is 0. The Morgan fingerprint density at radius 2 is 2.27 bits per heavy atom. The van der Waals surface area contributed by atoms with E-state index in [1.807, 2.05) is 19.9 Å². The molecule has 0 saturated heterocycles. The Labute approximate surface area is 72.8 Å². The van der Waals surface area contributed by atoms with Crippen LogP contribution in [0, 0.1) is 11.3 Å². The summed E-state index contributed by atoms with van der Waals surface area (Å²) >= 11 is 4.91. The molecule has 0 fully saturated rings. The second kappa shape index (κ2) is 5.93. The Hall–Kier alpha value is -0.820. The molecule has 0 radical (unpaired) electrons. The van der Waals surface area contributed by atoms with Crippen molar-refractivity contribution in [2.24, 2.45) is 0 Å². The quantitative estimate of drug-likeness (QED) is 0.486. The Morgan fingerprint density at radius 1 is 1.64 bits per heavy atom. The predicted molar refractivity (Wildman–Crippen MR) is 49.1 cm³/mol. The van der Waals surface area contributed by atoms with Crippen LogP contribution in [0.15, 0.2) is 0 Å². The highest BCUT2D eigenvalue weighted by Gasteiger charge is 1.95. The van der Waals surface area contributed by atoms with E-state index in [1.54, 1.807) is 0 Å². The van der Waals surface area contributed by atoms with E-state index < -0.39 is 0 Å². The second-order valence-electron chi connectivity index (χ2n) is 2.46. The lowest BCUT2D eigenvalue weighted by molar-refractivity contribution is 0.713. The van der Waals surface area contributed by atoms with Gasteiger partial charge in [-0.25, -0.2) is 0 Å². The minimum atomic E-state index is 0.345. The van der Waals surface area contributed by atoms with Gasteiger partial charge in [-0.05, 0) is 26.1 Å². The highest BCUT2D eigenvalue weighted by Crippen LogP contribution is 1.77. The number of hydrogen-bond donors (Lipinski definition) is 2. The summed E-state index contributed by atoms with van der Waals surface area (Å²) in [5.74, 6) is 0. The van der Waals surface area contributed by atoms with Gasteiger partial charge in [0.25, 0.3) is 0 Å². The zero-order chi connectivity index (χ0) is 8.69. The first-order chi connectivity index (χ1) is 5.16. The summed E-state index contributed by atoms with van der Waals surface area (Å²) in [6, 6.07) is 2.37. The van der Waals surface area contributed by atoms with E-state index in [0.717, 1.165) is 0 Å². The third kappa shape index (κ3) is 7.07. The van der Waals surface area contributed by atoms with Crippen LogP contribution < -0.4 is 10.6 Å². The van der Waals surface area contributed by atoms with Gasteiger partial charge in [-0.1, -0.05) is 0 Å². The predicted octanol–water partition coefficient (Wildman–Crippen LogP) is 0.773. The van der Waals surface area contributed by atoms with E-state index in [1.165, 1.54) is 0 Å². The molecule has 0 aliphatic heterocycles. The Kier molecular flexibility index (Phi) is 5.49. The molecule has 0 saturated carbocycles. The van der Waals surface area contributed by atoms with Crippen LogP contribution >= 0.6 is 12.2 Å². The first kappa shape index (κ1) is 10.2. The average molecular weight is 171 g/mol. The van der Waals surface area contributed by atoms with Crippen molar-refractivity contribution in [1.29, 1.82) is 5.26 Å². The van der Waals surface area contributed by atoms with Crippen LogP contribution in [0.3, 0.4) is 0 Å².